The van der Waals surface area contributed by atoms with Crippen molar-refractivity contribution >= 4 is 11.9 Å². The van der Waals surface area contributed by atoms with Gasteiger partial charge in [-0.25, -0.2) is 0 Å². The molecule has 0 aromatic heterocycles. The lowest BCUT2D eigenvalue weighted by atomic mass is 10.1. The number of hydrogen-bond donors (Lipinski definition) is 0. The van der Waals surface area contributed by atoms with Crippen LogP contribution in [0.3, 0.4) is 0 Å². The van der Waals surface area contributed by atoms with E-state index >= 15 is 0 Å². The Kier molecular flexibility index (Phi) is 7.75. The molecule has 6 nitrogen and oxygen atoms in total. The molecule has 6 heteroatoms. The van der Waals surface area contributed by atoms with Crippen LogP contribution in [0.25, 0.3) is 6.08 Å². The molecule has 0 aliphatic heterocycles. The molecule has 0 unspecified atom stereocenters. The average molecular weight is 434 g/mol. The molecule has 3 aromatic carbocycles. The van der Waals surface area contributed by atoms with Crippen molar-refractivity contribution in [1.82, 2.24) is 0 Å². The van der Waals surface area contributed by atoms with Crippen LogP contribution in [0.4, 0.5) is 0 Å². The van der Waals surface area contributed by atoms with Gasteiger partial charge in [0, 0.05) is 5.56 Å². The number of benzene rings is 3. The van der Waals surface area contributed by atoms with E-state index in [1.165, 1.54) is 6.08 Å². The highest BCUT2D eigenvalue weighted by Crippen LogP contribution is 2.38. The van der Waals surface area contributed by atoms with Crippen LogP contribution in [-0.4, -0.2) is 34.2 Å². The molecule has 0 bridgehead atoms. The topological polar surface area (TPSA) is 63.2 Å². The Hall–Kier alpha value is -3.93. The maximum absolute atomic E-state index is 12.8. The molecule has 3 rings (SSSR count). The van der Waals surface area contributed by atoms with Crippen LogP contribution in [0.15, 0.2) is 66.7 Å². The van der Waals surface area contributed by atoms with E-state index in [2.05, 4.69) is 0 Å². The summed E-state index contributed by atoms with van der Waals surface area (Å²) >= 11 is 0. The lowest BCUT2D eigenvalue weighted by molar-refractivity contribution is 0.104. The van der Waals surface area contributed by atoms with Crippen LogP contribution in [0, 0.1) is 0 Å². The molecule has 0 atom stereocenters. The molecule has 0 fully saturated rings. The standard InChI is InChI=1S/C26H26O6/c1-28-22-13-11-20(16-23(22)32-17-18-8-6-5-7-9-18)21(27)12-10-19-14-24(29-2)26(31-4)25(15-19)30-3/h5-16H,17H2,1-4H3/b12-10+. The first kappa shape index (κ1) is 22.7. The van der Waals surface area contributed by atoms with Crippen molar-refractivity contribution in [3.8, 4) is 28.7 Å². The zero-order valence-electron chi connectivity index (χ0n) is 18.6. The molecule has 0 radical (unpaired) electrons. The Morgan fingerprint density at radius 1 is 0.750 bits per heavy atom. The normalized spacial score (nSPS) is 10.6. The monoisotopic (exact) mass is 434 g/mol. The summed E-state index contributed by atoms with van der Waals surface area (Å²) in [7, 11) is 6.20. The Balaban J connectivity index is 1.81. The van der Waals surface area contributed by atoms with Gasteiger partial charge in [0.15, 0.2) is 28.8 Å². The van der Waals surface area contributed by atoms with Crippen LogP contribution < -0.4 is 23.7 Å². The summed E-state index contributed by atoms with van der Waals surface area (Å²) < 4.78 is 27.3. The van der Waals surface area contributed by atoms with Crippen molar-refractivity contribution in [2.75, 3.05) is 28.4 Å². The SMILES string of the molecule is COc1ccc(C(=O)/C=C/c2cc(OC)c(OC)c(OC)c2)cc1OCc1ccccc1. The number of hydrogen-bond acceptors (Lipinski definition) is 6. The van der Waals surface area contributed by atoms with Crippen molar-refractivity contribution in [2.45, 2.75) is 6.61 Å². The van der Waals surface area contributed by atoms with Gasteiger partial charge in [0.05, 0.1) is 28.4 Å². The second-order valence-corrected chi connectivity index (χ2v) is 6.80. The van der Waals surface area contributed by atoms with Crippen molar-refractivity contribution in [1.29, 1.82) is 0 Å². The minimum Gasteiger partial charge on any atom is -0.493 e. The van der Waals surface area contributed by atoms with Crippen molar-refractivity contribution in [3.63, 3.8) is 0 Å². The van der Waals surface area contributed by atoms with Gasteiger partial charge in [-0.05, 0) is 47.5 Å². The lowest BCUT2D eigenvalue weighted by Gasteiger charge is -2.13. The molecule has 0 aliphatic rings. The summed E-state index contributed by atoms with van der Waals surface area (Å²) in [5.74, 6) is 2.41. The van der Waals surface area contributed by atoms with E-state index in [1.807, 2.05) is 30.3 Å². The first-order chi connectivity index (χ1) is 15.6. The van der Waals surface area contributed by atoms with Crippen molar-refractivity contribution in [2.24, 2.45) is 0 Å². The summed E-state index contributed by atoms with van der Waals surface area (Å²) in [6.45, 7) is 0.371. The smallest absolute Gasteiger partial charge is 0.203 e. The Labute approximate surface area is 188 Å². The number of methoxy groups -OCH3 is 4. The molecule has 0 N–H and O–H groups in total. The van der Waals surface area contributed by atoms with Gasteiger partial charge in [-0.1, -0.05) is 36.4 Å². The Bertz CT molecular complexity index is 1060. The fourth-order valence-corrected chi connectivity index (χ4v) is 3.14. The minimum atomic E-state index is -0.175. The van der Waals surface area contributed by atoms with Gasteiger partial charge in [-0.3, -0.25) is 4.79 Å². The number of ketones is 1. The van der Waals surface area contributed by atoms with Gasteiger partial charge in [0.1, 0.15) is 6.61 Å². The van der Waals surface area contributed by atoms with Crippen LogP contribution in [0.5, 0.6) is 28.7 Å². The minimum absolute atomic E-state index is 0.175. The molecule has 166 valence electrons. The molecular formula is C26H26O6. The maximum Gasteiger partial charge on any atom is 0.203 e. The van der Waals surface area contributed by atoms with Crippen molar-refractivity contribution < 1.29 is 28.5 Å². The number of carbonyl (C=O) groups excluding carboxylic acids is 1. The van der Waals surface area contributed by atoms with Crippen molar-refractivity contribution in [3.05, 3.63) is 83.4 Å². The molecule has 32 heavy (non-hydrogen) atoms. The van der Waals surface area contributed by atoms with E-state index in [0.29, 0.717) is 40.9 Å². The zero-order chi connectivity index (χ0) is 22.9. The summed E-state index contributed by atoms with van der Waals surface area (Å²) in [5, 5.41) is 0. The summed E-state index contributed by atoms with van der Waals surface area (Å²) in [4.78, 5) is 12.8. The number of ether oxygens (including phenoxy) is 5. The highest BCUT2D eigenvalue weighted by Gasteiger charge is 2.13. The van der Waals surface area contributed by atoms with Crippen LogP contribution in [0.1, 0.15) is 21.5 Å². The van der Waals surface area contributed by atoms with E-state index in [9.17, 15) is 4.79 Å². The third-order valence-corrected chi connectivity index (χ3v) is 4.80. The molecule has 0 amide bonds. The van der Waals surface area contributed by atoms with Gasteiger partial charge >= 0.3 is 0 Å². The first-order valence-electron chi connectivity index (χ1n) is 9.96. The molecular weight excluding hydrogens is 408 g/mol. The predicted molar refractivity (Wildman–Crippen MR) is 123 cm³/mol. The van der Waals surface area contributed by atoms with Gasteiger partial charge in [0.2, 0.25) is 5.75 Å². The number of rotatable bonds is 10. The third kappa shape index (κ3) is 5.40. The predicted octanol–water partition coefficient (Wildman–Crippen LogP) is 5.20. The van der Waals surface area contributed by atoms with E-state index in [1.54, 1.807) is 64.8 Å². The first-order valence-corrected chi connectivity index (χ1v) is 9.96. The molecule has 0 spiro atoms. The maximum atomic E-state index is 12.8. The second-order valence-electron chi connectivity index (χ2n) is 6.80. The largest absolute Gasteiger partial charge is 0.493 e. The number of allylic oxidation sites excluding steroid dienone is 1. The molecule has 0 saturated carbocycles. The summed E-state index contributed by atoms with van der Waals surface area (Å²) in [5.41, 5.74) is 2.24. The summed E-state index contributed by atoms with van der Waals surface area (Å²) in [6, 6.07) is 18.4. The zero-order valence-corrected chi connectivity index (χ0v) is 18.6. The van der Waals surface area contributed by atoms with E-state index in [4.69, 9.17) is 23.7 Å². The Morgan fingerprint density at radius 3 is 2.00 bits per heavy atom. The molecule has 0 heterocycles. The van der Waals surface area contributed by atoms with Gasteiger partial charge in [-0.15, -0.1) is 0 Å². The van der Waals surface area contributed by atoms with E-state index in [-0.39, 0.29) is 5.78 Å². The van der Waals surface area contributed by atoms with E-state index in [0.717, 1.165) is 11.1 Å². The fourth-order valence-electron chi connectivity index (χ4n) is 3.14. The highest BCUT2D eigenvalue weighted by atomic mass is 16.5. The highest BCUT2D eigenvalue weighted by molar-refractivity contribution is 6.07. The van der Waals surface area contributed by atoms with Crippen LogP contribution in [0.2, 0.25) is 0 Å². The van der Waals surface area contributed by atoms with Crippen LogP contribution in [-0.2, 0) is 6.61 Å². The van der Waals surface area contributed by atoms with Gasteiger partial charge in [-0.2, -0.15) is 0 Å². The van der Waals surface area contributed by atoms with Gasteiger partial charge < -0.3 is 23.7 Å². The molecule has 0 aliphatic carbocycles. The van der Waals surface area contributed by atoms with E-state index < -0.39 is 0 Å². The third-order valence-electron chi connectivity index (χ3n) is 4.80. The quantitative estimate of drug-likeness (QED) is 0.323. The lowest BCUT2D eigenvalue weighted by Crippen LogP contribution is -2.01. The average Bonchev–Trinajstić information content (AvgIpc) is 2.85. The molecule has 0 saturated heterocycles. The fraction of sp³-hybridized carbons (Fsp3) is 0.192. The van der Waals surface area contributed by atoms with Crippen LogP contribution >= 0.6 is 0 Å². The number of carbonyl (C=O) groups is 1. The molecule has 3 aromatic rings. The Morgan fingerprint density at radius 2 is 1.41 bits per heavy atom. The summed E-state index contributed by atoms with van der Waals surface area (Å²) in [6.07, 6.45) is 3.19. The van der Waals surface area contributed by atoms with Gasteiger partial charge in [0.25, 0.3) is 0 Å². The second kappa shape index (κ2) is 10.9.